The first-order chi connectivity index (χ1) is 6.32. The summed E-state index contributed by atoms with van der Waals surface area (Å²) in [7, 11) is 0. The summed E-state index contributed by atoms with van der Waals surface area (Å²) < 4.78 is 36.8. The SMILES string of the molecule is FC(F)(F)[C@@H](Br)c1ccc(Cl)cc1Cl. The third-order valence-electron chi connectivity index (χ3n) is 1.52. The molecule has 78 valence electrons. The fourth-order valence-corrected chi connectivity index (χ4v) is 1.93. The Morgan fingerprint density at radius 3 is 2.21 bits per heavy atom. The fourth-order valence-electron chi connectivity index (χ4n) is 0.883. The maximum Gasteiger partial charge on any atom is 0.405 e. The Hall–Kier alpha value is 0.0700. The predicted octanol–water partition coefficient (Wildman–Crippen LogP) is 4.99. The van der Waals surface area contributed by atoms with E-state index in [-0.39, 0.29) is 10.6 Å². The van der Waals surface area contributed by atoms with E-state index in [2.05, 4.69) is 15.9 Å². The first-order valence-corrected chi connectivity index (χ1v) is 5.15. The second-order valence-electron chi connectivity index (χ2n) is 2.57. The maximum atomic E-state index is 12.3. The van der Waals surface area contributed by atoms with E-state index >= 15 is 0 Å². The largest absolute Gasteiger partial charge is 0.405 e. The molecule has 0 radical (unpaired) electrons. The van der Waals surface area contributed by atoms with Gasteiger partial charge in [-0.1, -0.05) is 45.2 Å². The first-order valence-electron chi connectivity index (χ1n) is 3.48. The topological polar surface area (TPSA) is 0 Å². The van der Waals surface area contributed by atoms with Gasteiger partial charge in [-0.25, -0.2) is 0 Å². The Morgan fingerprint density at radius 1 is 1.21 bits per heavy atom. The van der Waals surface area contributed by atoms with Gasteiger partial charge in [0.05, 0.1) is 0 Å². The molecule has 0 bridgehead atoms. The van der Waals surface area contributed by atoms with E-state index in [4.69, 9.17) is 23.2 Å². The number of alkyl halides is 4. The van der Waals surface area contributed by atoms with Gasteiger partial charge in [0.2, 0.25) is 0 Å². The van der Waals surface area contributed by atoms with Crippen molar-refractivity contribution in [2.45, 2.75) is 11.0 Å². The summed E-state index contributed by atoms with van der Waals surface area (Å²) in [4.78, 5) is -1.76. The third-order valence-corrected chi connectivity index (χ3v) is 3.10. The van der Waals surface area contributed by atoms with Gasteiger partial charge in [0.1, 0.15) is 4.83 Å². The standard InChI is InChI=1S/C8H4BrCl2F3/c9-7(8(12,13)14)5-2-1-4(10)3-6(5)11/h1-3,7H/t7-/m0/s1. The summed E-state index contributed by atoms with van der Waals surface area (Å²) in [5.41, 5.74) is -0.0384. The molecule has 1 aromatic carbocycles. The number of benzene rings is 1. The van der Waals surface area contributed by atoms with Crippen molar-refractivity contribution < 1.29 is 13.2 Å². The lowest BCUT2D eigenvalue weighted by molar-refractivity contribution is -0.128. The van der Waals surface area contributed by atoms with E-state index in [0.29, 0.717) is 5.02 Å². The molecule has 0 spiro atoms. The van der Waals surface area contributed by atoms with Crippen molar-refractivity contribution in [3.05, 3.63) is 33.8 Å². The summed E-state index contributed by atoms with van der Waals surface area (Å²) >= 11 is 13.7. The molecule has 0 N–H and O–H groups in total. The molecule has 0 amide bonds. The first kappa shape index (κ1) is 12.1. The van der Waals surface area contributed by atoms with Gasteiger partial charge < -0.3 is 0 Å². The summed E-state index contributed by atoms with van der Waals surface area (Å²) in [6.07, 6.45) is -4.36. The molecule has 0 aliphatic rings. The van der Waals surface area contributed by atoms with Crippen LogP contribution in [0.1, 0.15) is 10.4 Å². The van der Waals surface area contributed by atoms with E-state index in [1.54, 1.807) is 0 Å². The lowest BCUT2D eigenvalue weighted by Gasteiger charge is -2.15. The average Bonchev–Trinajstić information content (AvgIpc) is 2.01. The van der Waals surface area contributed by atoms with E-state index in [1.165, 1.54) is 18.2 Å². The van der Waals surface area contributed by atoms with Crippen LogP contribution in [0.5, 0.6) is 0 Å². The van der Waals surface area contributed by atoms with Crippen molar-refractivity contribution in [3.8, 4) is 0 Å². The van der Waals surface area contributed by atoms with E-state index in [1.807, 2.05) is 0 Å². The highest BCUT2D eigenvalue weighted by Gasteiger charge is 2.39. The van der Waals surface area contributed by atoms with Crippen molar-refractivity contribution in [1.29, 1.82) is 0 Å². The molecule has 1 aromatic rings. The fraction of sp³-hybridized carbons (Fsp3) is 0.250. The predicted molar refractivity (Wildman–Crippen MR) is 54.2 cm³/mol. The molecule has 0 unspecified atom stereocenters. The summed E-state index contributed by atoms with van der Waals surface area (Å²) in [6, 6.07) is 3.89. The molecule has 0 fully saturated rings. The minimum absolute atomic E-state index is 0.00306. The minimum atomic E-state index is -4.36. The van der Waals surface area contributed by atoms with Crippen LogP contribution in [-0.2, 0) is 0 Å². The van der Waals surface area contributed by atoms with Crippen molar-refractivity contribution in [2.24, 2.45) is 0 Å². The van der Waals surface area contributed by atoms with Crippen LogP contribution in [0, 0.1) is 0 Å². The molecule has 6 heteroatoms. The van der Waals surface area contributed by atoms with Gasteiger partial charge in [0, 0.05) is 10.0 Å². The summed E-state index contributed by atoms with van der Waals surface area (Å²) in [6.45, 7) is 0. The molecule has 0 aliphatic heterocycles. The van der Waals surface area contributed by atoms with Crippen LogP contribution in [-0.4, -0.2) is 6.18 Å². The summed E-state index contributed by atoms with van der Waals surface area (Å²) in [5, 5.41) is 0.303. The van der Waals surface area contributed by atoms with Gasteiger partial charge in [-0.2, -0.15) is 13.2 Å². The van der Waals surface area contributed by atoms with Crippen molar-refractivity contribution in [1.82, 2.24) is 0 Å². The van der Waals surface area contributed by atoms with E-state index < -0.39 is 11.0 Å². The van der Waals surface area contributed by atoms with Gasteiger partial charge in [-0.05, 0) is 17.7 Å². The lowest BCUT2D eigenvalue weighted by Crippen LogP contribution is -2.15. The Balaban J connectivity index is 3.08. The van der Waals surface area contributed by atoms with Crippen LogP contribution >= 0.6 is 39.1 Å². The van der Waals surface area contributed by atoms with Crippen LogP contribution in [0.15, 0.2) is 18.2 Å². The van der Waals surface area contributed by atoms with E-state index in [0.717, 1.165) is 0 Å². The highest BCUT2D eigenvalue weighted by atomic mass is 79.9. The Labute approximate surface area is 97.1 Å². The van der Waals surface area contributed by atoms with E-state index in [9.17, 15) is 13.2 Å². The van der Waals surface area contributed by atoms with Gasteiger partial charge >= 0.3 is 6.18 Å². The zero-order chi connectivity index (χ0) is 10.9. The highest BCUT2D eigenvalue weighted by Crippen LogP contribution is 2.42. The molecule has 0 saturated heterocycles. The maximum absolute atomic E-state index is 12.3. The number of hydrogen-bond acceptors (Lipinski definition) is 0. The van der Waals surface area contributed by atoms with Gasteiger partial charge in [-0.3, -0.25) is 0 Å². The smallest absolute Gasteiger partial charge is 0.169 e. The average molecular weight is 308 g/mol. The van der Waals surface area contributed by atoms with Crippen LogP contribution in [0.4, 0.5) is 13.2 Å². The van der Waals surface area contributed by atoms with Crippen molar-refractivity contribution in [3.63, 3.8) is 0 Å². The molecule has 0 saturated carbocycles. The molecule has 1 rings (SSSR count). The number of hydrogen-bond donors (Lipinski definition) is 0. The van der Waals surface area contributed by atoms with Crippen LogP contribution in [0.3, 0.4) is 0 Å². The molecule has 0 nitrogen and oxygen atoms in total. The van der Waals surface area contributed by atoms with Gasteiger partial charge in [0.25, 0.3) is 0 Å². The second-order valence-corrected chi connectivity index (χ2v) is 4.33. The Morgan fingerprint density at radius 2 is 1.79 bits per heavy atom. The highest BCUT2D eigenvalue weighted by molar-refractivity contribution is 9.09. The van der Waals surface area contributed by atoms with Crippen LogP contribution in [0.25, 0.3) is 0 Å². The van der Waals surface area contributed by atoms with Crippen LogP contribution in [0.2, 0.25) is 10.0 Å². The summed E-state index contributed by atoms with van der Waals surface area (Å²) in [5.74, 6) is 0. The Bertz CT molecular complexity index is 338. The van der Waals surface area contributed by atoms with Crippen molar-refractivity contribution >= 4 is 39.1 Å². The Kier molecular flexibility index (Phi) is 3.72. The molecule has 0 aliphatic carbocycles. The number of rotatable bonds is 1. The van der Waals surface area contributed by atoms with Gasteiger partial charge in [-0.15, -0.1) is 0 Å². The quantitative estimate of drug-likeness (QED) is 0.641. The zero-order valence-electron chi connectivity index (χ0n) is 6.58. The molecular weight excluding hydrogens is 304 g/mol. The van der Waals surface area contributed by atoms with Gasteiger partial charge in [0.15, 0.2) is 0 Å². The zero-order valence-corrected chi connectivity index (χ0v) is 9.68. The minimum Gasteiger partial charge on any atom is -0.169 e. The second kappa shape index (κ2) is 4.29. The third kappa shape index (κ3) is 2.78. The van der Waals surface area contributed by atoms with Crippen LogP contribution < -0.4 is 0 Å². The molecular formula is C8H4BrCl2F3. The molecule has 14 heavy (non-hydrogen) atoms. The number of halogens is 6. The molecule has 0 heterocycles. The van der Waals surface area contributed by atoms with Crippen molar-refractivity contribution in [2.75, 3.05) is 0 Å². The lowest BCUT2D eigenvalue weighted by atomic mass is 10.1. The molecule has 0 aromatic heterocycles. The monoisotopic (exact) mass is 306 g/mol. The molecule has 1 atom stereocenters. The normalized spacial score (nSPS) is 14.1.